The third-order valence-corrected chi connectivity index (χ3v) is 5.31. The number of aliphatic carboxylic acids is 1. The van der Waals surface area contributed by atoms with E-state index in [4.69, 9.17) is 5.11 Å². The molecule has 0 aromatic rings. The number of likely N-dealkylation sites (N-methyl/N-ethyl adjacent to an activating group) is 1. The van der Waals surface area contributed by atoms with E-state index >= 15 is 0 Å². The lowest BCUT2D eigenvalue weighted by Crippen LogP contribution is -2.44. The Morgan fingerprint density at radius 3 is 2.40 bits per heavy atom. The molecule has 1 spiro atoms. The minimum absolute atomic E-state index is 0.384. The lowest BCUT2D eigenvalue weighted by Gasteiger charge is -2.44. The molecule has 1 aliphatic heterocycles. The maximum atomic E-state index is 11.1. The number of carboxylic acid groups (broad SMARTS) is 1. The molecular weight excluding hydrogens is 252 g/mol. The summed E-state index contributed by atoms with van der Waals surface area (Å²) in [4.78, 5) is 13.6. The van der Waals surface area contributed by atoms with Crippen molar-refractivity contribution in [1.82, 2.24) is 10.2 Å². The highest BCUT2D eigenvalue weighted by molar-refractivity contribution is 5.73. The van der Waals surface area contributed by atoms with Gasteiger partial charge >= 0.3 is 5.97 Å². The minimum Gasteiger partial charge on any atom is -0.480 e. The number of carbonyl (C=O) groups is 1. The first-order valence-corrected chi connectivity index (χ1v) is 8.34. The molecule has 1 unspecified atom stereocenters. The molecule has 2 fully saturated rings. The first-order chi connectivity index (χ1) is 9.65. The summed E-state index contributed by atoms with van der Waals surface area (Å²) in [5.41, 5.74) is 0.641. The summed E-state index contributed by atoms with van der Waals surface area (Å²) in [6.07, 6.45) is 10.5. The first-order valence-electron chi connectivity index (χ1n) is 8.34. The Balaban J connectivity index is 1.72. The van der Waals surface area contributed by atoms with E-state index in [0.29, 0.717) is 5.41 Å². The lowest BCUT2D eigenvalue weighted by molar-refractivity contribution is -0.139. The maximum Gasteiger partial charge on any atom is 0.320 e. The van der Waals surface area contributed by atoms with E-state index in [0.717, 1.165) is 19.5 Å². The van der Waals surface area contributed by atoms with E-state index in [-0.39, 0.29) is 6.04 Å². The number of nitrogens with one attached hydrogen (secondary N) is 1. The number of hydrogen-bond donors (Lipinski definition) is 2. The second kappa shape index (κ2) is 7.41. The number of likely N-dealkylation sites (tertiary alicyclic amines) is 1. The zero-order valence-electron chi connectivity index (χ0n) is 12.9. The van der Waals surface area contributed by atoms with Gasteiger partial charge in [0.25, 0.3) is 0 Å². The van der Waals surface area contributed by atoms with Crippen LogP contribution in [0.5, 0.6) is 0 Å². The monoisotopic (exact) mass is 282 g/mol. The summed E-state index contributed by atoms with van der Waals surface area (Å²) in [6.45, 7) is 5.93. The topological polar surface area (TPSA) is 52.6 Å². The van der Waals surface area contributed by atoms with Crippen molar-refractivity contribution in [3.8, 4) is 0 Å². The van der Waals surface area contributed by atoms with Crippen LogP contribution in [0.2, 0.25) is 0 Å². The van der Waals surface area contributed by atoms with Crippen LogP contribution >= 0.6 is 0 Å². The Labute approximate surface area is 122 Å². The van der Waals surface area contributed by atoms with Crippen molar-refractivity contribution in [2.75, 3.05) is 26.2 Å². The fourth-order valence-electron chi connectivity index (χ4n) is 3.92. The van der Waals surface area contributed by atoms with Gasteiger partial charge in [-0.25, -0.2) is 0 Å². The highest BCUT2D eigenvalue weighted by atomic mass is 16.4. The van der Waals surface area contributed by atoms with Gasteiger partial charge in [0.1, 0.15) is 6.04 Å². The summed E-state index contributed by atoms with van der Waals surface area (Å²) in [7, 11) is 0. The zero-order valence-corrected chi connectivity index (χ0v) is 12.9. The van der Waals surface area contributed by atoms with Crippen LogP contribution in [0.3, 0.4) is 0 Å². The van der Waals surface area contributed by atoms with Gasteiger partial charge < -0.3 is 15.3 Å². The molecule has 2 N–H and O–H groups in total. The third-order valence-electron chi connectivity index (χ3n) is 5.31. The predicted molar refractivity (Wildman–Crippen MR) is 80.9 cm³/mol. The van der Waals surface area contributed by atoms with Crippen molar-refractivity contribution in [1.29, 1.82) is 0 Å². The SMILES string of the molecule is CCNC(CCN1CCC2(CCCCC2)CC1)C(=O)O. The quantitative estimate of drug-likeness (QED) is 0.786. The van der Waals surface area contributed by atoms with Crippen LogP contribution in [0.4, 0.5) is 0 Å². The molecule has 0 radical (unpaired) electrons. The van der Waals surface area contributed by atoms with Crippen molar-refractivity contribution < 1.29 is 9.90 Å². The molecule has 1 aliphatic carbocycles. The van der Waals surface area contributed by atoms with Crippen LogP contribution in [-0.4, -0.2) is 48.2 Å². The Morgan fingerprint density at radius 2 is 1.85 bits per heavy atom. The van der Waals surface area contributed by atoms with Crippen molar-refractivity contribution in [2.45, 2.75) is 64.3 Å². The van der Waals surface area contributed by atoms with Crippen LogP contribution in [0.25, 0.3) is 0 Å². The second-order valence-electron chi connectivity index (χ2n) is 6.64. The van der Waals surface area contributed by atoms with E-state index in [1.165, 1.54) is 58.0 Å². The molecule has 2 rings (SSSR count). The second-order valence-corrected chi connectivity index (χ2v) is 6.64. The van der Waals surface area contributed by atoms with Gasteiger partial charge in [0.05, 0.1) is 0 Å². The fourth-order valence-corrected chi connectivity index (χ4v) is 3.92. The average Bonchev–Trinajstić information content (AvgIpc) is 2.46. The van der Waals surface area contributed by atoms with Gasteiger partial charge in [0.15, 0.2) is 0 Å². The van der Waals surface area contributed by atoms with Crippen LogP contribution < -0.4 is 5.32 Å². The molecule has 20 heavy (non-hydrogen) atoms. The van der Waals surface area contributed by atoms with Crippen LogP contribution in [0.15, 0.2) is 0 Å². The van der Waals surface area contributed by atoms with E-state index in [9.17, 15) is 4.79 Å². The van der Waals surface area contributed by atoms with Gasteiger partial charge in [0.2, 0.25) is 0 Å². The summed E-state index contributed by atoms with van der Waals surface area (Å²) < 4.78 is 0. The van der Waals surface area contributed by atoms with Gasteiger partial charge in [-0.1, -0.05) is 26.2 Å². The largest absolute Gasteiger partial charge is 0.480 e. The molecule has 0 amide bonds. The van der Waals surface area contributed by atoms with E-state index in [2.05, 4.69) is 10.2 Å². The number of piperidine rings is 1. The molecule has 1 atom stereocenters. The molecular formula is C16H30N2O2. The van der Waals surface area contributed by atoms with E-state index in [1.807, 2.05) is 6.92 Å². The predicted octanol–water partition coefficient (Wildman–Crippen LogP) is 2.49. The smallest absolute Gasteiger partial charge is 0.320 e. The molecule has 1 heterocycles. The van der Waals surface area contributed by atoms with Gasteiger partial charge in [-0.2, -0.15) is 0 Å². The molecule has 4 heteroatoms. The number of nitrogens with zero attached hydrogens (tertiary/aromatic N) is 1. The van der Waals surface area contributed by atoms with E-state index < -0.39 is 5.97 Å². The van der Waals surface area contributed by atoms with Crippen molar-refractivity contribution in [3.63, 3.8) is 0 Å². The van der Waals surface area contributed by atoms with Gasteiger partial charge in [-0.05, 0) is 57.2 Å². The van der Waals surface area contributed by atoms with Gasteiger partial charge in [-0.3, -0.25) is 4.79 Å². The Morgan fingerprint density at radius 1 is 1.20 bits per heavy atom. The van der Waals surface area contributed by atoms with Crippen molar-refractivity contribution in [2.24, 2.45) is 5.41 Å². The molecule has 1 saturated carbocycles. The number of carboxylic acids is 1. The summed E-state index contributed by atoms with van der Waals surface area (Å²) in [5, 5.41) is 12.2. The van der Waals surface area contributed by atoms with Crippen LogP contribution in [0, 0.1) is 5.41 Å². The number of hydrogen-bond acceptors (Lipinski definition) is 3. The molecule has 2 aliphatic rings. The standard InChI is InChI=1S/C16H30N2O2/c1-2-17-14(15(19)20)6-11-18-12-9-16(10-13-18)7-4-3-5-8-16/h14,17H,2-13H2,1H3,(H,19,20). The third kappa shape index (κ3) is 4.19. The molecule has 0 bridgehead atoms. The van der Waals surface area contributed by atoms with E-state index in [1.54, 1.807) is 0 Å². The molecule has 4 nitrogen and oxygen atoms in total. The van der Waals surface area contributed by atoms with Crippen molar-refractivity contribution >= 4 is 5.97 Å². The highest BCUT2D eigenvalue weighted by Gasteiger charge is 2.35. The fraction of sp³-hybridized carbons (Fsp3) is 0.938. The highest BCUT2D eigenvalue weighted by Crippen LogP contribution is 2.44. The maximum absolute atomic E-state index is 11.1. The number of rotatable bonds is 6. The van der Waals surface area contributed by atoms with Gasteiger partial charge in [0, 0.05) is 6.54 Å². The average molecular weight is 282 g/mol. The summed E-state index contributed by atoms with van der Waals surface area (Å²) >= 11 is 0. The molecule has 1 saturated heterocycles. The normalized spacial score (nSPS) is 24.6. The molecule has 116 valence electrons. The lowest BCUT2D eigenvalue weighted by atomic mass is 9.68. The Hall–Kier alpha value is -0.610. The molecule has 0 aromatic carbocycles. The minimum atomic E-state index is -0.715. The zero-order chi connectivity index (χ0) is 14.4. The van der Waals surface area contributed by atoms with Crippen LogP contribution in [0.1, 0.15) is 58.3 Å². The first kappa shape index (κ1) is 15.8. The Kier molecular flexibility index (Phi) is 5.85. The van der Waals surface area contributed by atoms with Crippen LogP contribution in [-0.2, 0) is 4.79 Å². The van der Waals surface area contributed by atoms with Crippen molar-refractivity contribution in [3.05, 3.63) is 0 Å². The molecule has 0 aromatic heterocycles. The summed E-state index contributed by atoms with van der Waals surface area (Å²) in [5.74, 6) is -0.715. The summed E-state index contributed by atoms with van der Waals surface area (Å²) in [6, 6.07) is -0.384. The van der Waals surface area contributed by atoms with Gasteiger partial charge in [-0.15, -0.1) is 0 Å². The Bertz CT molecular complexity index is 304.